The van der Waals surface area contributed by atoms with Crippen molar-refractivity contribution in [2.24, 2.45) is 0 Å². The second-order valence-electron chi connectivity index (χ2n) is 5.77. The zero-order valence-electron chi connectivity index (χ0n) is 12.6. The van der Waals surface area contributed by atoms with E-state index in [0.717, 1.165) is 11.8 Å². The molecule has 0 radical (unpaired) electrons. The molecule has 1 rings (SSSR count). The molecule has 20 heavy (non-hydrogen) atoms. The van der Waals surface area contributed by atoms with Crippen LogP contribution in [-0.2, 0) is 4.79 Å². The average Bonchev–Trinajstić information content (AvgIpc) is 2.36. The first-order valence-corrected chi connectivity index (χ1v) is 10.1. The molecule has 0 aliphatic carbocycles. The van der Waals surface area contributed by atoms with Gasteiger partial charge in [-0.25, -0.2) is 0 Å². The van der Waals surface area contributed by atoms with Crippen LogP contribution in [0.15, 0.2) is 24.3 Å². The minimum Gasteiger partial charge on any atom is -0.320 e. The quantitative estimate of drug-likeness (QED) is 0.485. The van der Waals surface area contributed by atoms with Crippen molar-refractivity contribution in [1.82, 2.24) is 4.90 Å². The highest BCUT2D eigenvalue weighted by atomic mass is 28.3. The lowest BCUT2D eigenvalue weighted by Crippen LogP contribution is -2.33. The number of aldehydes is 1. The monoisotopic (exact) mass is 287 g/mol. The number of benzene rings is 1. The number of carbonyl (C=O) groups is 2. The summed E-state index contributed by atoms with van der Waals surface area (Å²) in [7, 11) is -1.46. The Kier molecular flexibility index (Phi) is 5.72. The van der Waals surface area contributed by atoms with Crippen LogP contribution in [0.4, 0.5) is 0 Å². The second-order valence-corrected chi connectivity index (χ2v) is 10.5. The molecule has 0 unspecified atom stereocenters. The fourth-order valence-electron chi connectivity index (χ4n) is 1.59. The van der Waals surface area contributed by atoms with E-state index in [0.29, 0.717) is 12.1 Å². The molecular weight excluding hydrogens is 266 g/mol. The van der Waals surface area contributed by atoms with Crippen LogP contribution in [0.5, 0.6) is 0 Å². The van der Waals surface area contributed by atoms with E-state index in [1.807, 2.05) is 19.1 Å². The van der Waals surface area contributed by atoms with Crippen molar-refractivity contribution in [2.75, 3.05) is 13.1 Å². The molecule has 0 atom stereocenters. The summed E-state index contributed by atoms with van der Waals surface area (Å²) in [4.78, 5) is 24.5. The Labute approximate surface area is 122 Å². The summed E-state index contributed by atoms with van der Waals surface area (Å²) in [5.74, 6) is 2.88. The van der Waals surface area contributed by atoms with E-state index in [2.05, 4.69) is 31.1 Å². The SMILES string of the molecule is Cc1ccc(C(=O)N(CC#C[Si](C)(C)C)CC=O)cc1. The Hall–Kier alpha value is -1.86. The van der Waals surface area contributed by atoms with Gasteiger partial charge in [0.25, 0.3) is 5.91 Å². The molecule has 0 heterocycles. The maximum Gasteiger partial charge on any atom is 0.255 e. The van der Waals surface area contributed by atoms with E-state index in [9.17, 15) is 9.59 Å². The second kappa shape index (κ2) is 7.06. The first-order chi connectivity index (χ1) is 9.33. The van der Waals surface area contributed by atoms with Crippen LogP contribution in [0.3, 0.4) is 0 Å². The van der Waals surface area contributed by atoms with Crippen molar-refractivity contribution in [3.8, 4) is 11.5 Å². The molecule has 0 N–H and O–H groups in total. The van der Waals surface area contributed by atoms with Gasteiger partial charge >= 0.3 is 0 Å². The summed E-state index contributed by atoms with van der Waals surface area (Å²) in [6.07, 6.45) is 0.738. The highest BCUT2D eigenvalue weighted by Crippen LogP contribution is 2.07. The van der Waals surface area contributed by atoms with E-state index < -0.39 is 8.07 Å². The predicted octanol–water partition coefficient (Wildman–Crippen LogP) is 2.52. The van der Waals surface area contributed by atoms with E-state index in [1.54, 1.807) is 12.1 Å². The third-order valence-corrected chi connectivity index (χ3v) is 3.54. The normalized spacial score (nSPS) is 10.4. The predicted molar refractivity (Wildman–Crippen MR) is 84.3 cm³/mol. The molecule has 0 aliphatic rings. The van der Waals surface area contributed by atoms with Crippen molar-refractivity contribution < 1.29 is 9.59 Å². The van der Waals surface area contributed by atoms with Gasteiger partial charge in [-0.3, -0.25) is 4.79 Å². The molecule has 0 aromatic heterocycles. The van der Waals surface area contributed by atoms with Crippen LogP contribution in [0.25, 0.3) is 0 Å². The fraction of sp³-hybridized carbons (Fsp3) is 0.375. The van der Waals surface area contributed by atoms with Crippen LogP contribution >= 0.6 is 0 Å². The molecule has 0 bridgehead atoms. The molecular formula is C16H21NO2Si. The molecule has 0 aliphatic heterocycles. The number of carbonyl (C=O) groups excluding carboxylic acids is 2. The van der Waals surface area contributed by atoms with Crippen LogP contribution in [0, 0.1) is 18.4 Å². The topological polar surface area (TPSA) is 37.4 Å². The fourth-order valence-corrected chi connectivity index (χ4v) is 2.20. The van der Waals surface area contributed by atoms with Crippen molar-refractivity contribution in [3.05, 3.63) is 35.4 Å². The highest BCUT2D eigenvalue weighted by molar-refractivity contribution is 6.83. The van der Waals surface area contributed by atoms with Crippen molar-refractivity contribution in [1.29, 1.82) is 0 Å². The summed E-state index contributed by atoms with van der Waals surface area (Å²) >= 11 is 0. The van der Waals surface area contributed by atoms with Crippen LogP contribution < -0.4 is 0 Å². The average molecular weight is 287 g/mol. The molecule has 0 spiro atoms. The Morgan fingerprint density at radius 3 is 2.35 bits per heavy atom. The highest BCUT2D eigenvalue weighted by Gasteiger charge is 2.14. The van der Waals surface area contributed by atoms with Gasteiger partial charge in [-0.1, -0.05) is 43.3 Å². The van der Waals surface area contributed by atoms with Gasteiger partial charge in [0, 0.05) is 5.56 Å². The first-order valence-electron chi connectivity index (χ1n) is 6.63. The van der Waals surface area contributed by atoms with Gasteiger partial charge in [0.15, 0.2) is 0 Å². The van der Waals surface area contributed by atoms with Crippen LogP contribution in [0.1, 0.15) is 15.9 Å². The molecule has 3 nitrogen and oxygen atoms in total. The number of aryl methyl sites for hydroxylation is 1. The van der Waals surface area contributed by atoms with Gasteiger partial charge < -0.3 is 9.69 Å². The van der Waals surface area contributed by atoms with E-state index >= 15 is 0 Å². The number of amides is 1. The molecule has 0 saturated carbocycles. The lowest BCUT2D eigenvalue weighted by molar-refractivity contribution is -0.108. The Morgan fingerprint density at radius 2 is 1.85 bits per heavy atom. The zero-order valence-corrected chi connectivity index (χ0v) is 13.6. The standard InChI is InChI=1S/C16H21NO2Si/c1-14-6-8-15(9-7-14)16(19)17(11-12-18)10-5-13-20(2,3)4/h6-9,12H,10-11H2,1-4H3. The van der Waals surface area contributed by atoms with E-state index in [-0.39, 0.29) is 12.5 Å². The van der Waals surface area contributed by atoms with Gasteiger partial charge in [-0.15, -0.1) is 5.54 Å². The summed E-state index contributed by atoms with van der Waals surface area (Å²) in [6.45, 7) is 8.78. The Balaban J connectivity index is 2.84. The third kappa shape index (κ3) is 5.41. The first kappa shape index (κ1) is 16.2. The van der Waals surface area contributed by atoms with Crippen molar-refractivity contribution in [3.63, 3.8) is 0 Å². The van der Waals surface area contributed by atoms with Crippen molar-refractivity contribution in [2.45, 2.75) is 26.6 Å². The van der Waals surface area contributed by atoms with Gasteiger partial charge in [0.05, 0.1) is 13.1 Å². The van der Waals surface area contributed by atoms with Crippen LogP contribution in [-0.4, -0.2) is 38.3 Å². The van der Waals surface area contributed by atoms with Gasteiger partial charge in [-0.05, 0) is 19.1 Å². The van der Waals surface area contributed by atoms with Crippen LogP contribution in [0.2, 0.25) is 19.6 Å². The summed E-state index contributed by atoms with van der Waals surface area (Å²) < 4.78 is 0. The van der Waals surface area contributed by atoms with Crippen molar-refractivity contribution >= 4 is 20.3 Å². The molecule has 1 aromatic rings. The molecule has 106 valence electrons. The minimum atomic E-state index is -1.46. The minimum absolute atomic E-state index is 0.0765. The molecule has 0 fully saturated rings. The lowest BCUT2D eigenvalue weighted by atomic mass is 10.1. The maximum atomic E-state index is 12.3. The van der Waals surface area contributed by atoms with Gasteiger partial charge in [-0.2, -0.15) is 0 Å². The van der Waals surface area contributed by atoms with Gasteiger partial charge in [0.2, 0.25) is 0 Å². The van der Waals surface area contributed by atoms with E-state index in [1.165, 1.54) is 4.90 Å². The number of nitrogens with zero attached hydrogens (tertiary/aromatic N) is 1. The lowest BCUT2D eigenvalue weighted by Gasteiger charge is -2.17. The summed E-state index contributed by atoms with van der Waals surface area (Å²) in [5.41, 5.74) is 4.89. The third-order valence-electron chi connectivity index (χ3n) is 2.61. The number of hydrogen-bond donors (Lipinski definition) is 0. The Morgan fingerprint density at radius 1 is 1.25 bits per heavy atom. The summed E-state index contributed by atoms with van der Waals surface area (Å²) in [6, 6.07) is 7.34. The maximum absolute atomic E-state index is 12.3. The smallest absolute Gasteiger partial charge is 0.255 e. The molecule has 4 heteroatoms. The number of rotatable bonds is 4. The number of hydrogen-bond acceptors (Lipinski definition) is 2. The molecule has 1 aromatic carbocycles. The van der Waals surface area contributed by atoms with E-state index in [4.69, 9.17) is 0 Å². The van der Waals surface area contributed by atoms with Gasteiger partial charge in [0.1, 0.15) is 14.4 Å². The Bertz CT molecular complexity index is 532. The zero-order chi connectivity index (χ0) is 15.2. The molecule has 1 amide bonds. The molecule has 0 saturated heterocycles. The largest absolute Gasteiger partial charge is 0.320 e. The summed E-state index contributed by atoms with van der Waals surface area (Å²) in [5, 5.41) is 0.